The summed E-state index contributed by atoms with van der Waals surface area (Å²) in [6.07, 6.45) is 1.11. The van der Waals surface area contributed by atoms with Crippen LogP contribution in [-0.4, -0.2) is 15.5 Å². The molecule has 0 aliphatic heterocycles. The van der Waals surface area contributed by atoms with E-state index in [9.17, 15) is 14.4 Å². The number of benzene rings is 2. The molecule has 0 fully saturated rings. The summed E-state index contributed by atoms with van der Waals surface area (Å²) in [5, 5.41) is 3.06. The van der Waals surface area contributed by atoms with Gasteiger partial charge in [-0.15, -0.1) is 0 Å². The highest BCUT2D eigenvalue weighted by molar-refractivity contribution is 9.10. The van der Waals surface area contributed by atoms with Crippen molar-refractivity contribution in [1.82, 2.24) is 9.55 Å². The molecule has 1 heterocycles. The number of halogens is 2. The fourth-order valence-electron chi connectivity index (χ4n) is 2.38. The van der Waals surface area contributed by atoms with E-state index < -0.39 is 17.2 Å². The summed E-state index contributed by atoms with van der Waals surface area (Å²) in [6.45, 7) is -0.0359. The van der Waals surface area contributed by atoms with Crippen molar-refractivity contribution in [2.24, 2.45) is 0 Å². The van der Waals surface area contributed by atoms with Crippen molar-refractivity contribution in [3.05, 3.63) is 96.2 Å². The average Bonchev–Trinajstić information content (AvgIpc) is 2.60. The topological polar surface area (TPSA) is 84.0 Å². The number of aromatic nitrogens is 2. The maximum absolute atomic E-state index is 12.6. The third-order valence-electron chi connectivity index (χ3n) is 3.67. The van der Waals surface area contributed by atoms with E-state index in [1.807, 2.05) is 6.07 Å². The Bertz CT molecular complexity index is 1090. The Morgan fingerprint density at radius 3 is 2.65 bits per heavy atom. The number of nitrogens with zero attached hydrogens (tertiary/aromatic N) is 1. The molecule has 0 saturated heterocycles. The minimum Gasteiger partial charge on any atom is -0.322 e. The summed E-state index contributed by atoms with van der Waals surface area (Å²) in [7, 11) is 0. The van der Waals surface area contributed by atoms with E-state index in [-0.39, 0.29) is 12.1 Å². The van der Waals surface area contributed by atoms with Crippen molar-refractivity contribution in [3.63, 3.8) is 0 Å². The fraction of sp³-hybridized carbons (Fsp3) is 0.0556. The van der Waals surface area contributed by atoms with Gasteiger partial charge in [0.25, 0.3) is 11.5 Å². The Hall–Kier alpha value is -2.64. The normalized spacial score (nSPS) is 10.5. The summed E-state index contributed by atoms with van der Waals surface area (Å²) in [5.41, 5.74) is -0.356. The van der Waals surface area contributed by atoms with Crippen molar-refractivity contribution in [1.29, 1.82) is 0 Å². The Morgan fingerprint density at radius 2 is 1.92 bits per heavy atom. The molecule has 3 rings (SSSR count). The van der Waals surface area contributed by atoms with Gasteiger partial charge in [-0.3, -0.25) is 14.2 Å². The fourth-order valence-corrected chi connectivity index (χ4v) is 2.97. The molecule has 0 bridgehead atoms. The molecule has 0 atom stereocenters. The Kier molecular flexibility index (Phi) is 5.39. The molecule has 6 nitrogen and oxygen atoms in total. The first-order valence-corrected chi connectivity index (χ1v) is 8.75. The molecule has 3 aromatic rings. The van der Waals surface area contributed by atoms with E-state index >= 15 is 0 Å². The van der Waals surface area contributed by atoms with E-state index in [1.54, 1.807) is 42.5 Å². The highest BCUT2D eigenvalue weighted by Crippen LogP contribution is 2.16. The molecule has 0 saturated carbocycles. The van der Waals surface area contributed by atoms with Gasteiger partial charge in [0.15, 0.2) is 0 Å². The molecule has 0 unspecified atom stereocenters. The predicted octanol–water partition coefficient (Wildman–Crippen LogP) is 3.25. The number of hydrogen-bond acceptors (Lipinski definition) is 3. The standard InChI is InChI=1S/C18H13BrClN3O3/c19-12-5-3-6-13(8-12)22-16(24)14-9-21-18(26)23(17(14)25)10-11-4-1-2-7-15(11)20/h1-9H,10H2,(H,21,26)(H,22,24). The highest BCUT2D eigenvalue weighted by Gasteiger charge is 2.16. The first kappa shape index (κ1) is 18.2. The van der Waals surface area contributed by atoms with Gasteiger partial charge < -0.3 is 10.3 Å². The Morgan fingerprint density at radius 1 is 1.15 bits per heavy atom. The van der Waals surface area contributed by atoms with Crippen LogP contribution in [0.25, 0.3) is 0 Å². The number of rotatable bonds is 4. The number of anilines is 1. The maximum Gasteiger partial charge on any atom is 0.328 e. The lowest BCUT2D eigenvalue weighted by Crippen LogP contribution is -2.39. The third kappa shape index (κ3) is 3.95. The average molecular weight is 435 g/mol. The van der Waals surface area contributed by atoms with Crippen LogP contribution in [0.2, 0.25) is 5.02 Å². The second-order valence-corrected chi connectivity index (χ2v) is 6.78. The molecule has 2 N–H and O–H groups in total. The van der Waals surface area contributed by atoms with E-state index in [4.69, 9.17) is 11.6 Å². The third-order valence-corrected chi connectivity index (χ3v) is 4.54. The summed E-state index contributed by atoms with van der Waals surface area (Å²) in [4.78, 5) is 39.6. The van der Waals surface area contributed by atoms with Crippen molar-refractivity contribution in [2.45, 2.75) is 6.54 Å². The zero-order valence-electron chi connectivity index (χ0n) is 13.3. The highest BCUT2D eigenvalue weighted by atomic mass is 79.9. The van der Waals surface area contributed by atoms with E-state index in [1.165, 1.54) is 0 Å². The zero-order chi connectivity index (χ0) is 18.7. The molecule has 26 heavy (non-hydrogen) atoms. The van der Waals surface area contributed by atoms with Gasteiger partial charge in [0.05, 0.1) is 6.54 Å². The molecule has 0 spiro atoms. The largest absolute Gasteiger partial charge is 0.328 e. The van der Waals surface area contributed by atoms with Crippen LogP contribution < -0.4 is 16.6 Å². The number of amides is 1. The molecule has 1 amide bonds. The van der Waals surface area contributed by atoms with Crippen LogP contribution in [0.3, 0.4) is 0 Å². The molecule has 0 aliphatic rings. The quantitative estimate of drug-likeness (QED) is 0.661. The minimum atomic E-state index is -0.693. The molecule has 0 radical (unpaired) electrons. The lowest BCUT2D eigenvalue weighted by atomic mass is 10.2. The Balaban J connectivity index is 1.94. The van der Waals surface area contributed by atoms with Crippen molar-refractivity contribution >= 4 is 39.1 Å². The first-order chi connectivity index (χ1) is 12.5. The number of aromatic amines is 1. The van der Waals surface area contributed by atoms with E-state index in [0.717, 1.165) is 15.2 Å². The molecule has 1 aromatic heterocycles. The van der Waals surface area contributed by atoms with Gasteiger partial charge in [-0.05, 0) is 29.8 Å². The van der Waals surface area contributed by atoms with Gasteiger partial charge in [0, 0.05) is 21.4 Å². The zero-order valence-corrected chi connectivity index (χ0v) is 15.7. The second kappa shape index (κ2) is 7.72. The van der Waals surface area contributed by atoms with Gasteiger partial charge in [0.2, 0.25) is 0 Å². The number of hydrogen-bond donors (Lipinski definition) is 2. The molecule has 8 heteroatoms. The first-order valence-electron chi connectivity index (χ1n) is 7.58. The molecule has 0 aliphatic carbocycles. The van der Waals surface area contributed by atoms with Crippen molar-refractivity contribution in [3.8, 4) is 0 Å². The van der Waals surface area contributed by atoms with Crippen LogP contribution in [0.15, 0.2) is 68.8 Å². The smallest absolute Gasteiger partial charge is 0.322 e. The lowest BCUT2D eigenvalue weighted by molar-refractivity contribution is 0.102. The maximum atomic E-state index is 12.6. The second-order valence-electron chi connectivity index (χ2n) is 5.45. The molecular formula is C18H13BrClN3O3. The summed E-state index contributed by atoms with van der Waals surface area (Å²) in [6, 6.07) is 13.8. The van der Waals surface area contributed by atoms with Gasteiger partial charge in [-0.2, -0.15) is 0 Å². The predicted molar refractivity (Wildman–Crippen MR) is 104 cm³/mol. The monoisotopic (exact) mass is 433 g/mol. The molecule has 132 valence electrons. The summed E-state index contributed by atoms with van der Waals surface area (Å²) < 4.78 is 1.73. The minimum absolute atomic E-state index is 0.0359. The van der Waals surface area contributed by atoms with E-state index in [2.05, 4.69) is 26.2 Å². The lowest BCUT2D eigenvalue weighted by Gasteiger charge is -2.09. The van der Waals surface area contributed by atoms with Gasteiger partial charge >= 0.3 is 5.69 Å². The van der Waals surface area contributed by atoms with Crippen molar-refractivity contribution in [2.75, 3.05) is 5.32 Å². The van der Waals surface area contributed by atoms with Gasteiger partial charge in [0.1, 0.15) is 5.56 Å². The SMILES string of the molecule is O=C(Nc1cccc(Br)c1)c1c[nH]c(=O)n(Cc2ccccc2Cl)c1=O. The van der Waals surface area contributed by atoms with Crippen LogP contribution >= 0.6 is 27.5 Å². The number of carbonyl (C=O) groups is 1. The van der Waals surface area contributed by atoms with Gasteiger partial charge in [-0.1, -0.05) is 51.8 Å². The van der Waals surface area contributed by atoms with Crippen molar-refractivity contribution < 1.29 is 4.79 Å². The number of nitrogens with one attached hydrogen (secondary N) is 2. The summed E-state index contributed by atoms with van der Waals surface area (Å²) >= 11 is 9.40. The van der Waals surface area contributed by atoms with Crippen LogP contribution in [0, 0.1) is 0 Å². The Labute approximate surface area is 161 Å². The molecule has 2 aromatic carbocycles. The van der Waals surface area contributed by atoms with Crippen LogP contribution in [0.5, 0.6) is 0 Å². The van der Waals surface area contributed by atoms with E-state index in [0.29, 0.717) is 16.3 Å². The molecular weight excluding hydrogens is 422 g/mol. The van der Waals surface area contributed by atoms with Crippen LogP contribution in [0.1, 0.15) is 15.9 Å². The summed E-state index contributed by atoms with van der Waals surface area (Å²) in [5.74, 6) is -0.614. The van der Waals surface area contributed by atoms with Crippen LogP contribution in [-0.2, 0) is 6.54 Å². The van der Waals surface area contributed by atoms with Crippen LogP contribution in [0.4, 0.5) is 5.69 Å². The number of H-pyrrole nitrogens is 1. The van der Waals surface area contributed by atoms with Gasteiger partial charge in [-0.25, -0.2) is 4.79 Å². The number of carbonyl (C=O) groups excluding carboxylic acids is 1.